The minimum Gasteiger partial charge on any atom is -0.465 e. The van der Waals surface area contributed by atoms with Gasteiger partial charge in [0.2, 0.25) is 0 Å². The van der Waals surface area contributed by atoms with Gasteiger partial charge in [-0.3, -0.25) is 4.79 Å². The fourth-order valence-corrected chi connectivity index (χ4v) is 4.23. The van der Waals surface area contributed by atoms with Crippen molar-refractivity contribution in [2.24, 2.45) is 5.92 Å². The van der Waals surface area contributed by atoms with Crippen molar-refractivity contribution in [1.82, 2.24) is 19.7 Å². The first kappa shape index (κ1) is 22.7. The Morgan fingerprint density at radius 3 is 2.58 bits per heavy atom. The van der Waals surface area contributed by atoms with E-state index in [0.717, 1.165) is 0 Å². The number of Topliss-reactive ketones (excluding diaryl/α,β-unsaturated/α-hetero) is 1. The number of rotatable bonds is 8. The first-order chi connectivity index (χ1) is 14.7. The van der Waals surface area contributed by atoms with Crippen LogP contribution in [0.25, 0.3) is 11.4 Å². The molecule has 0 aliphatic rings. The number of carbonyl (C=O) groups excluding carboxylic acids is 2. The lowest BCUT2D eigenvalue weighted by atomic mass is 10.1. The van der Waals surface area contributed by atoms with Gasteiger partial charge >= 0.3 is 5.97 Å². The lowest BCUT2D eigenvalue weighted by Gasteiger charge is -2.12. The van der Waals surface area contributed by atoms with E-state index >= 15 is 0 Å². The Balaban J connectivity index is 1.86. The molecule has 0 fully saturated rings. The maximum Gasteiger partial charge on any atom is 0.339 e. The van der Waals surface area contributed by atoms with Crippen molar-refractivity contribution in [2.45, 2.75) is 39.4 Å². The van der Waals surface area contributed by atoms with E-state index in [1.165, 1.54) is 24.9 Å². The van der Waals surface area contributed by atoms with Crippen molar-refractivity contribution >= 4 is 23.5 Å². The third-order valence-corrected chi connectivity index (χ3v) is 5.78. The number of ether oxygens (including phenoxy) is 1. The molecule has 0 saturated heterocycles. The van der Waals surface area contributed by atoms with Crippen LogP contribution in [0.3, 0.4) is 0 Å². The molecule has 2 aromatic heterocycles. The summed E-state index contributed by atoms with van der Waals surface area (Å²) < 4.78 is 21.0. The zero-order valence-electron chi connectivity index (χ0n) is 18.2. The van der Waals surface area contributed by atoms with Crippen LogP contribution in [0.4, 0.5) is 4.39 Å². The first-order valence-corrected chi connectivity index (χ1v) is 10.8. The molecule has 0 radical (unpaired) electrons. The average molecular weight is 445 g/mol. The largest absolute Gasteiger partial charge is 0.465 e. The number of nitrogens with zero attached hydrogens (tertiary/aromatic N) is 3. The normalized spacial score (nSPS) is 11.2. The van der Waals surface area contributed by atoms with Crippen LogP contribution in [0, 0.1) is 25.6 Å². The molecule has 1 N–H and O–H groups in total. The van der Waals surface area contributed by atoms with Crippen LogP contribution in [-0.4, -0.2) is 44.4 Å². The Kier molecular flexibility index (Phi) is 6.94. The predicted molar refractivity (Wildman–Crippen MR) is 117 cm³/mol. The summed E-state index contributed by atoms with van der Waals surface area (Å²) in [6.45, 7) is 8.11. The molecular formula is C22H25FN4O3S. The van der Waals surface area contributed by atoms with Gasteiger partial charge in [0, 0.05) is 12.2 Å². The molecule has 31 heavy (non-hydrogen) atoms. The Bertz CT molecular complexity index is 1120. The molecule has 0 spiro atoms. The molecule has 1 aromatic carbocycles. The SMILES string of the molecule is COC(=O)c1c(C)[nH]c(C(=O)CSc2nnc(-c3ccccc3F)n2CC(C)C)c1C. The van der Waals surface area contributed by atoms with Crippen LogP contribution < -0.4 is 0 Å². The fourth-order valence-electron chi connectivity index (χ4n) is 3.41. The zero-order valence-corrected chi connectivity index (χ0v) is 19.0. The zero-order chi connectivity index (χ0) is 22.7. The molecule has 0 aliphatic heterocycles. The quantitative estimate of drug-likeness (QED) is 0.314. The van der Waals surface area contributed by atoms with E-state index < -0.39 is 5.97 Å². The number of hydrogen-bond donors (Lipinski definition) is 1. The van der Waals surface area contributed by atoms with Crippen LogP contribution in [0.1, 0.15) is 46.0 Å². The second kappa shape index (κ2) is 9.47. The maximum atomic E-state index is 14.3. The van der Waals surface area contributed by atoms with E-state index in [4.69, 9.17) is 4.74 Å². The minimum absolute atomic E-state index is 0.0922. The molecule has 0 aliphatic carbocycles. The van der Waals surface area contributed by atoms with Crippen LogP contribution in [-0.2, 0) is 11.3 Å². The average Bonchev–Trinajstić information content (AvgIpc) is 3.25. The van der Waals surface area contributed by atoms with Gasteiger partial charge < -0.3 is 14.3 Å². The number of benzene rings is 1. The highest BCUT2D eigenvalue weighted by molar-refractivity contribution is 7.99. The molecule has 3 aromatic rings. The van der Waals surface area contributed by atoms with Gasteiger partial charge in [-0.25, -0.2) is 9.18 Å². The van der Waals surface area contributed by atoms with Crippen molar-refractivity contribution in [3.05, 3.63) is 52.6 Å². The fraction of sp³-hybridized carbons (Fsp3) is 0.364. The van der Waals surface area contributed by atoms with Gasteiger partial charge in [0.1, 0.15) is 5.82 Å². The van der Waals surface area contributed by atoms with E-state index in [1.807, 2.05) is 18.4 Å². The summed E-state index contributed by atoms with van der Waals surface area (Å²) in [6.07, 6.45) is 0. The van der Waals surface area contributed by atoms with Crippen molar-refractivity contribution in [3.63, 3.8) is 0 Å². The third kappa shape index (κ3) is 4.71. The van der Waals surface area contributed by atoms with Crippen molar-refractivity contribution in [3.8, 4) is 11.4 Å². The summed E-state index contributed by atoms with van der Waals surface area (Å²) in [7, 11) is 1.31. The monoisotopic (exact) mass is 444 g/mol. The Morgan fingerprint density at radius 2 is 1.94 bits per heavy atom. The number of aryl methyl sites for hydroxylation is 1. The number of aromatic amines is 1. The maximum absolute atomic E-state index is 14.3. The lowest BCUT2D eigenvalue weighted by molar-refractivity contribution is 0.0599. The van der Waals surface area contributed by atoms with Crippen LogP contribution in [0.2, 0.25) is 0 Å². The van der Waals surface area contributed by atoms with Gasteiger partial charge in [0.15, 0.2) is 16.8 Å². The number of nitrogens with one attached hydrogen (secondary N) is 1. The molecule has 164 valence electrons. The molecule has 0 bridgehead atoms. The molecule has 0 saturated carbocycles. The number of hydrogen-bond acceptors (Lipinski definition) is 6. The number of carbonyl (C=O) groups is 2. The number of aromatic nitrogens is 4. The second-order valence-electron chi connectivity index (χ2n) is 7.62. The summed E-state index contributed by atoms with van der Waals surface area (Å²) in [5.74, 6) is -0.236. The van der Waals surface area contributed by atoms with Crippen LogP contribution in [0.15, 0.2) is 29.4 Å². The number of halogens is 1. The standard InChI is InChI=1S/C22H25FN4O3S/c1-12(2)10-27-20(15-8-6-7-9-16(15)23)25-26-22(27)31-11-17(28)19-13(3)18(14(4)24-19)21(29)30-5/h6-9,12,24H,10-11H2,1-5H3. The third-order valence-electron chi connectivity index (χ3n) is 4.82. The summed E-state index contributed by atoms with van der Waals surface area (Å²) in [5, 5.41) is 8.94. The Morgan fingerprint density at radius 1 is 1.23 bits per heavy atom. The highest BCUT2D eigenvalue weighted by atomic mass is 32.2. The highest BCUT2D eigenvalue weighted by Gasteiger charge is 2.24. The summed E-state index contributed by atoms with van der Waals surface area (Å²) in [5.41, 5.74) is 2.26. The van der Waals surface area contributed by atoms with Gasteiger partial charge in [-0.05, 0) is 37.5 Å². The molecule has 7 nitrogen and oxygen atoms in total. The molecule has 0 unspecified atom stereocenters. The van der Waals surface area contributed by atoms with Crippen LogP contribution in [0.5, 0.6) is 0 Å². The predicted octanol–water partition coefficient (Wildman–Crippen LogP) is 4.45. The van der Waals surface area contributed by atoms with Crippen molar-refractivity contribution in [2.75, 3.05) is 12.9 Å². The van der Waals surface area contributed by atoms with Gasteiger partial charge in [-0.15, -0.1) is 10.2 Å². The van der Waals surface area contributed by atoms with E-state index in [2.05, 4.69) is 15.2 Å². The number of esters is 1. The van der Waals surface area contributed by atoms with Gasteiger partial charge in [0.25, 0.3) is 0 Å². The molecule has 2 heterocycles. The highest BCUT2D eigenvalue weighted by Crippen LogP contribution is 2.28. The lowest BCUT2D eigenvalue weighted by Crippen LogP contribution is -2.10. The minimum atomic E-state index is -0.482. The Labute approximate surface area is 184 Å². The number of methoxy groups -OCH3 is 1. The number of ketones is 1. The van der Waals surface area contributed by atoms with Gasteiger partial charge in [-0.2, -0.15) is 0 Å². The molecule has 0 amide bonds. The molecule has 3 rings (SSSR count). The van der Waals surface area contributed by atoms with Gasteiger partial charge in [0.05, 0.1) is 29.7 Å². The topological polar surface area (TPSA) is 89.9 Å². The second-order valence-corrected chi connectivity index (χ2v) is 8.56. The molecule has 0 atom stereocenters. The van der Waals surface area contributed by atoms with E-state index in [1.54, 1.807) is 32.0 Å². The summed E-state index contributed by atoms with van der Waals surface area (Å²) >= 11 is 1.23. The van der Waals surface area contributed by atoms with E-state index in [0.29, 0.717) is 45.6 Å². The van der Waals surface area contributed by atoms with Crippen molar-refractivity contribution < 1.29 is 18.7 Å². The van der Waals surface area contributed by atoms with E-state index in [9.17, 15) is 14.0 Å². The van der Waals surface area contributed by atoms with Crippen molar-refractivity contribution in [1.29, 1.82) is 0 Å². The summed E-state index contributed by atoms with van der Waals surface area (Å²) in [6, 6.07) is 6.42. The number of H-pyrrole nitrogens is 1. The van der Waals surface area contributed by atoms with Gasteiger partial charge in [-0.1, -0.05) is 37.7 Å². The van der Waals surface area contributed by atoms with Crippen LogP contribution >= 0.6 is 11.8 Å². The summed E-state index contributed by atoms with van der Waals surface area (Å²) in [4.78, 5) is 27.8. The first-order valence-electron chi connectivity index (χ1n) is 9.86. The Hall–Kier alpha value is -2.94. The molecule has 9 heteroatoms. The van der Waals surface area contributed by atoms with E-state index in [-0.39, 0.29) is 23.3 Å². The number of thioether (sulfide) groups is 1. The smallest absolute Gasteiger partial charge is 0.339 e. The molecular weight excluding hydrogens is 419 g/mol.